The van der Waals surface area contributed by atoms with Gasteiger partial charge in [0.15, 0.2) is 0 Å². The van der Waals surface area contributed by atoms with Crippen molar-refractivity contribution in [2.75, 3.05) is 32.7 Å². The van der Waals surface area contributed by atoms with Gasteiger partial charge in [0, 0.05) is 38.8 Å². The van der Waals surface area contributed by atoms with E-state index in [9.17, 15) is 9.18 Å². The van der Waals surface area contributed by atoms with E-state index in [1.54, 1.807) is 6.08 Å². The van der Waals surface area contributed by atoms with Crippen molar-refractivity contribution < 1.29 is 9.18 Å². The van der Waals surface area contributed by atoms with Gasteiger partial charge in [-0.05, 0) is 19.3 Å². The Morgan fingerprint density at radius 3 is 2.50 bits per heavy atom. The molecule has 0 unspecified atom stereocenters. The summed E-state index contributed by atoms with van der Waals surface area (Å²) in [5.41, 5.74) is 0. The number of hydrogen-bond acceptors (Lipinski definition) is 2. The summed E-state index contributed by atoms with van der Waals surface area (Å²) in [6, 6.07) is 0. The highest BCUT2D eigenvalue weighted by molar-refractivity contribution is 5.87. The zero-order valence-electron chi connectivity index (χ0n) is 11.0. The third-order valence-corrected chi connectivity index (χ3v) is 3.76. The third kappa shape index (κ3) is 4.09. The quantitative estimate of drug-likeness (QED) is 0.719. The van der Waals surface area contributed by atoms with E-state index in [4.69, 9.17) is 0 Å². The van der Waals surface area contributed by atoms with E-state index in [1.807, 2.05) is 11.0 Å². The molecule has 0 radical (unpaired) electrons. The van der Waals surface area contributed by atoms with Crippen LogP contribution in [0.3, 0.4) is 0 Å². The van der Waals surface area contributed by atoms with Crippen LogP contribution in [0, 0.1) is 0 Å². The average molecular weight is 254 g/mol. The van der Waals surface area contributed by atoms with Gasteiger partial charge in [0.1, 0.15) is 6.17 Å². The summed E-state index contributed by atoms with van der Waals surface area (Å²) in [5.74, 6) is 0.118. The van der Waals surface area contributed by atoms with Crippen molar-refractivity contribution >= 4 is 5.91 Å². The zero-order valence-corrected chi connectivity index (χ0v) is 11.0. The molecule has 0 aromatic carbocycles. The molecule has 2 heterocycles. The molecule has 1 amide bonds. The topological polar surface area (TPSA) is 23.6 Å². The second-order valence-corrected chi connectivity index (χ2v) is 5.29. The predicted molar refractivity (Wildman–Crippen MR) is 70.1 cm³/mol. The molecule has 0 aromatic rings. The standard InChI is InChI=1S/C14H23FN2O/c15-13-7-11-16(12-13)8-5-6-14(18)17-9-3-1-2-4-10-17/h5-6,13H,1-4,7-12H2/b6-5+/t13-/m0/s1. The maximum atomic E-state index is 13.0. The van der Waals surface area contributed by atoms with Gasteiger partial charge in [-0.1, -0.05) is 18.9 Å². The van der Waals surface area contributed by atoms with Crippen LogP contribution < -0.4 is 0 Å². The Labute approximate surface area is 109 Å². The molecule has 2 aliphatic heterocycles. The van der Waals surface area contributed by atoms with Gasteiger partial charge >= 0.3 is 0 Å². The first-order valence-corrected chi connectivity index (χ1v) is 7.07. The Hall–Kier alpha value is -0.900. The molecule has 2 aliphatic rings. The van der Waals surface area contributed by atoms with Gasteiger partial charge in [0.05, 0.1) is 0 Å². The van der Waals surface area contributed by atoms with Crippen molar-refractivity contribution in [2.45, 2.75) is 38.3 Å². The second-order valence-electron chi connectivity index (χ2n) is 5.29. The van der Waals surface area contributed by atoms with Crippen LogP contribution in [-0.4, -0.2) is 54.6 Å². The Balaban J connectivity index is 1.72. The largest absolute Gasteiger partial charge is 0.339 e. The highest BCUT2D eigenvalue weighted by Crippen LogP contribution is 2.12. The molecule has 2 fully saturated rings. The van der Waals surface area contributed by atoms with Crippen LogP contribution in [0.15, 0.2) is 12.2 Å². The molecule has 2 saturated heterocycles. The lowest BCUT2D eigenvalue weighted by molar-refractivity contribution is -0.126. The van der Waals surface area contributed by atoms with E-state index < -0.39 is 6.17 Å². The fraction of sp³-hybridized carbons (Fsp3) is 0.786. The minimum absolute atomic E-state index is 0.118. The smallest absolute Gasteiger partial charge is 0.246 e. The Morgan fingerprint density at radius 1 is 1.17 bits per heavy atom. The molecular weight excluding hydrogens is 231 g/mol. The van der Waals surface area contributed by atoms with Crippen molar-refractivity contribution in [3.8, 4) is 0 Å². The van der Waals surface area contributed by atoms with Crippen molar-refractivity contribution in [3.05, 3.63) is 12.2 Å². The Kier molecular flexibility index (Phi) is 5.17. The summed E-state index contributed by atoms with van der Waals surface area (Å²) in [6.07, 6.45) is 8.21. The first-order valence-electron chi connectivity index (χ1n) is 7.07. The number of halogens is 1. The average Bonchev–Trinajstić information content (AvgIpc) is 2.63. The molecule has 4 heteroatoms. The minimum atomic E-state index is -0.681. The lowest BCUT2D eigenvalue weighted by Gasteiger charge is -2.18. The van der Waals surface area contributed by atoms with E-state index in [1.165, 1.54) is 12.8 Å². The summed E-state index contributed by atoms with van der Waals surface area (Å²) in [6.45, 7) is 3.80. The van der Waals surface area contributed by atoms with E-state index in [-0.39, 0.29) is 5.91 Å². The van der Waals surface area contributed by atoms with Crippen molar-refractivity contribution in [2.24, 2.45) is 0 Å². The van der Waals surface area contributed by atoms with Crippen molar-refractivity contribution in [1.29, 1.82) is 0 Å². The third-order valence-electron chi connectivity index (χ3n) is 3.76. The van der Waals surface area contributed by atoms with E-state index in [2.05, 4.69) is 4.90 Å². The number of likely N-dealkylation sites (tertiary alicyclic amines) is 2. The summed E-state index contributed by atoms with van der Waals surface area (Å²) in [4.78, 5) is 15.9. The molecule has 102 valence electrons. The van der Waals surface area contributed by atoms with Gasteiger partial charge < -0.3 is 4.90 Å². The van der Waals surface area contributed by atoms with E-state index >= 15 is 0 Å². The molecule has 0 saturated carbocycles. The summed E-state index contributed by atoms with van der Waals surface area (Å²) >= 11 is 0. The molecule has 3 nitrogen and oxygen atoms in total. The predicted octanol–water partition coefficient (Wildman–Crippen LogP) is 1.99. The van der Waals surface area contributed by atoms with Gasteiger partial charge in [-0.15, -0.1) is 0 Å². The fourth-order valence-corrected chi connectivity index (χ4v) is 2.65. The van der Waals surface area contributed by atoms with Crippen LogP contribution in [0.2, 0.25) is 0 Å². The van der Waals surface area contributed by atoms with Gasteiger partial charge in [0.25, 0.3) is 0 Å². The molecule has 2 rings (SSSR count). The molecule has 18 heavy (non-hydrogen) atoms. The maximum Gasteiger partial charge on any atom is 0.246 e. The minimum Gasteiger partial charge on any atom is -0.339 e. The number of carbonyl (C=O) groups is 1. The van der Waals surface area contributed by atoms with Crippen LogP contribution in [0.5, 0.6) is 0 Å². The van der Waals surface area contributed by atoms with Crippen LogP contribution in [0.25, 0.3) is 0 Å². The van der Waals surface area contributed by atoms with Gasteiger partial charge in [-0.25, -0.2) is 4.39 Å². The summed E-state index contributed by atoms with van der Waals surface area (Å²) < 4.78 is 13.0. The molecular formula is C14H23FN2O. The SMILES string of the molecule is O=C(/C=C/CN1CC[C@H](F)C1)N1CCCCCC1. The maximum absolute atomic E-state index is 13.0. The number of alkyl halides is 1. The molecule has 0 aliphatic carbocycles. The summed E-state index contributed by atoms with van der Waals surface area (Å²) in [7, 11) is 0. The van der Waals surface area contributed by atoms with Crippen molar-refractivity contribution in [3.63, 3.8) is 0 Å². The Bertz CT molecular complexity index is 298. The number of carbonyl (C=O) groups excluding carboxylic acids is 1. The van der Waals surface area contributed by atoms with E-state index in [0.29, 0.717) is 19.5 Å². The van der Waals surface area contributed by atoms with Crippen molar-refractivity contribution in [1.82, 2.24) is 9.80 Å². The van der Waals surface area contributed by atoms with Gasteiger partial charge in [-0.2, -0.15) is 0 Å². The van der Waals surface area contributed by atoms with Crippen LogP contribution >= 0.6 is 0 Å². The number of hydrogen-bond donors (Lipinski definition) is 0. The molecule has 0 aromatic heterocycles. The molecule has 0 spiro atoms. The molecule has 0 N–H and O–H groups in total. The Morgan fingerprint density at radius 2 is 1.89 bits per heavy atom. The number of rotatable bonds is 3. The summed E-state index contributed by atoms with van der Waals surface area (Å²) in [5, 5.41) is 0. The second kappa shape index (κ2) is 6.88. The zero-order chi connectivity index (χ0) is 12.8. The van der Waals surface area contributed by atoms with Gasteiger partial charge in [0.2, 0.25) is 5.91 Å². The van der Waals surface area contributed by atoms with E-state index in [0.717, 1.165) is 32.5 Å². The number of nitrogens with zero attached hydrogens (tertiary/aromatic N) is 2. The molecule has 0 bridgehead atoms. The van der Waals surface area contributed by atoms with Crippen LogP contribution in [0.1, 0.15) is 32.1 Å². The first-order chi connectivity index (χ1) is 8.75. The highest BCUT2D eigenvalue weighted by Gasteiger charge is 2.20. The van der Waals surface area contributed by atoms with Crippen LogP contribution in [0.4, 0.5) is 4.39 Å². The monoisotopic (exact) mass is 254 g/mol. The van der Waals surface area contributed by atoms with Gasteiger partial charge in [-0.3, -0.25) is 9.69 Å². The highest BCUT2D eigenvalue weighted by atomic mass is 19.1. The fourth-order valence-electron chi connectivity index (χ4n) is 2.65. The van der Waals surface area contributed by atoms with Crippen LogP contribution in [-0.2, 0) is 4.79 Å². The lowest BCUT2D eigenvalue weighted by Crippen LogP contribution is -2.30. The molecule has 1 atom stereocenters. The number of amides is 1. The first kappa shape index (κ1) is 13.5. The normalized spacial score (nSPS) is 26.7. The lowest BCUT2D eigenvalue weighted by atomic mass is 10.2.